The van der Waals surface area contributed by atoms with Crippen molar-refractivity contribution in [3.8, 4) is 11.3 Å². The van der Waals surface area contributed by atoms with Crippen LogP contribution in [0, 0.1) is 18.8 Å². The van der Waals surface area contributed by atoms with Gasteiger partial charge in [0.1, 0.15) is 5.82 Å². The van der Waals surface area contributed by atoms with E-state index in [2.05, 4.69) is 15.3 Å². The Kier molecular flexibility index (Phi) is 4.58. The predicted octanol–water partition coefficient (Wildman–Crippen LogP) is 2.21. The van der Waals surface area contributed by atoms with Gasteiger partial charge in [-0.25, -0.2) is 9.97 Å². The summed E-state index contributed by atoms with van der Waals surface area (Å²) in [7, 11) is 0. The number of carbonyl (C=O) groups is 2. The van der Waals surface area contributed by atoms with E-state index in [9.17, 15) is 9.59 Å². The van der Waals surface area contributed by atoms with E-state index in [0.29, 0.717) is 36.7 Å². The van der Waals surface area contributed by atoms with Crippen LogP contribution in [-0.2, 0) is 9.53 Å². The van der Waals surface area contributed by atoms with Crippen LogP contribution >= 0.6 is 0 Å². The molecule has 0 unspecified atom stereocenters. The molecule has 1 N–H and O–H groups in total. The zero-order valence-electron chi connectivity index (χ0n) is 17.3. The van der Waals surface area contributed by atoms with Crippen LogP contribution in [0.1, 0.15) is 35.9 Å². The summed E-state index contributed by atoms with van der Waals surface area (Å²) in [5.74, 6) is 1.06. The van der Waals surface area contributed by atoms with Crippen LogP contribution in [0.2, 0.25) is 0 Å². The van der Waals surface area contributed by atoms with Crippen molar-refractivity contribution in [2.75, 3.05) is 19.6 Å². The van der Waals surface area contributed by atoms with Gasteiger partial charge in [-0.2, -0.15) is 0 Å². The van der Waals surface area contributed by atoms with Crippen molar-refractivity contribution in [3.63, 3.8) is 0 Å². The third-order valence-corrected chi connectivity index (χ3v) is 6.84. The van der Waals surface area contributed by atoms with Crippen LogP contribution in [0.15, 0.2) is 36.5 Å². The molecule has 3 fully saturated rings. The molecule has 2 bridgehead atoms. The summed E-state index contributed by atoms with van der Waals surface area (Å²) in [5.41, 5.74) is 1.82. The molecule has 7 nitrogen and oxygen atoms in total. The van der Waals surface area contributed by atoms with Crippen molar-refractivity contribution in [2.45, 2.75) is 38.4 Å². The van der Waals surface area contributed by atoms with E-state index in [1.165, 1.54) is 6.92 Å². The smallest absolute Gasteiger partial charge is 0.257 e. The number of fused-ring (bicyclic) bond motifs is 1. The van der Waals surface area contributed by atoms with Crippen molar-refractivity contribution in [3.05, 3.63) is 47.9 Å². The highest BCUT2D eigenvalue weighted by Crippen LogP contribution is 2.54. The zero-order chi connectivity index (χ0) is 20.9. The summed E-state index contributed by atoms with van der Waals surface area (Å²) < 4.78 is 6.40. The molecule has 7 heteroatoms. The predicted molar refractivity (Wildman–Crippen MR) is 111 cm³/mol. The molecule has 156 valence electrons. The number of aromatic nitrogens is 2. The Balaban J connectivity index is 1.42. The summed E-state index contributed by atoms with van der Waals surface area (Å²) in [6, 6.07) is 9.76. The third-order valence-electron chi connectivity index (χ3n) is 6.84. The van der Waals surface area contributed by atoms with Gasteiger partial charge in [0, 0.05) is 43.6 Å². The average Bonchev–Trinajstić information content (AvgIpc) is 3.41. The largest absolute Gasteiger partial charge is 0.369 e. The van der Waals surface area contributed by atoms with Crippen LogP contribution in [0.4, 0.5) is 0 Å². The average molecular weight is 406 g/mol. The summed E-state index contributed by atoms with van der Waals surface area (Å²) in [5, 5.41) is 2.95. The number of hydrogen-bond acceptors (Lipinski definition) is 5. The Morgan fingerprint density at radius 3 is 2.87 bits per heavy atom. The molecule has 1 spiro atoms. The number of amides is 2. The molecule has 3 saturated heterocycles. The second-order valence-corrected chi connectivity index (χ2v) is 8.70. The van der Waals surface area contributed by atoms with Gasteiger partial charge in [0.2, 0.25) is 5.91 Å². The van der Waals surface area contributed by atoms with Crippen molar-refractivity contribution in [1.82, 2.24) is 20.2 Å². The molecule has 5 rings (SSSR count). The topological polar surface area (TPSA) is 84.4 Å². The highest BCUT2D eigenvalue weighted by atomic mass is 16.5. The van der Waals surface area contributed by atoms with Gasteiger partial charge in [0.15, 0.2) is 0 Å². The van der Waals surface area contributed by atoms with Gasteiger partial charge in [-0.15, -0.1) is 0 Å². The van der Waals surface area contributed by atoms with E-state index < -0.39 is 0 Å². The Morgan fingerprint density at radius 2 is 2.10 bits per heavy atom. The first-order chi connectivity index (χ1) is 14.5. The van der Waals surface area contributed by atoms with Crippen molar-refractivity contribution in [1.29, 1.82) is 0 Å². The number of likely N-dealkylation sites (tertiary alicyclic amines) is 1. The maximum Gasteiger partial charge on any atom is 0.257 e. The number of ether oxygens (including phenoxy) is 1. The number of benzene rings is 1. The minimum Gasteiger partial charge on any atom is -0.369 e. The fourth-order valence-corrected chi connectivity index (χ4v) is 5.49. The monoisotopic (exact) mass is 406 g/mol. The Morgan fingerprint density at radius 1 is 1.30 bits per heavy atom. The molecule has 4 atom stereocenters. The van der Waals surface area contributed by atoms with Gasteiger partial charge in [0.05, 0.1) is 29.5 Å². The van der Waals surface area contributed by atoms with Crippen LogP contribution < -0.4 is 5.32 Å². The number of nitrogens with zero attached hydrogens (tertiary/aromatic N) is 3. The van der Waals surface area contributed by atoms with Crippen molar-refractivity contribution in [2.24, 2.45) is 11.8 Å². The second kappa shape index (κ2) is 7.16. The highest BCUT2D eigenvalue weighted by molar-refractivity contribution is 5.99. The molecule has 30 heavy (non-hydrogen) atoms. The lowest BCUT2D eigenvalue weighted by Crippen LogP contribution is -2.41. The molecular formula is C23H26N4O3. The molecule has 0 aliphatic carbocycles. The Hall–Kier alpha value is -2.80. The van der Waals surface area contributed by atoms with E-state index in [0.717, 1.165) is 18.4 Å². The minimum absolute atomic E-state index is 0.0259. The zero-order valence-corrected chi connectivity index (χ0v) is 17.3. The number of carbonyl (C=O) groups excluding carboxylic acids is 2. The first-order valence-corrected chi connectivity index (χ1v) is 10.6. The fraction of sp³-hybridized carbons (Fsp3) is 0.478. The molecule has 3 aliphatic heterocycles. The molecule has 0 saturated carbocycles. The van der Waals surface area contributed by atoms with Crippen LogP contribution in [0.5, 0.6) is 0 Å². The lowest BCUT2D eigenvalue weighted by molar-refractivity contribution is -0.119. The SMILES string of the molecule is CC(=O)NC[C@H]1[C@H]2CN(C(=O)c3cnc(C)nc3-c3ccccc3)C[C@]23CC[C@H]1O3. The molecule has 4 heterocycles. The molecule has 2 aromatic rings. The first kappa shape index (κ1) is 19.2. The maximum atomic E-state index is 13.5. The standard InChI is InChI=1S/C23H26N4O3/c1-14-24-11-18(21(26-14)16-6-4-3-5-7-16)22(29)27-12-19-17(10-25-15(2)28)20-8-9-23(19,13-27)30-20/h3-7,11,17,19-20H,8-10,12-13H2,1-2H3,(H,25,28)/t17-,19+,20+,23+/m0/s1. The molecule has 1 aromatic carbocycles. The number of rotatable bonds is 4. The van der Waals surface area contributed by atoms with Crippen LogP contribution in [0.25, 0.3) is 11.3 Å². The van der Waals surface area contributed by atoms with Crippen LogP contribution in [-0.4, -0.2) is 58.0 Å². The van der Waals surface area contributed by atoms with Gasteiger partial charge in [0.25, 0.3) is 5.91 Å². The molecule has 0 radical (unpaired) electrons. The summed E-state index contributed by atoms with van der Waals surface area (Å²) >= 11 is 0. The lowest BCUT2D eigenvalue weighted by Gasteiger charge is -2.29. The second-order valence-electron chi connectivity index (χ2n) is 8.70. The number of hydrogen-bond donors (Lipinski definition) is 1. The summed E-state index contributed by atoms with van der Waals surface area (Å²) in [4.78, 5) is 35.8. The Bertz CT molecular complexity index is 995. The lowest BCUT2D eigenvalue weighted by atomic mass is 9.73. The first-order valence-electron chi connectivity index (χ1n) is 10.6. The van der Waals surface area contributed by atoms with E-state index in [1.807, 2.05) is 42.2 Å². The number of aryl methyl sites for hydroxylation is 1. The van der Waals surface area contributed by atoms with E-state index in [4.69, 9.17) is 4.74 Å². The maximum absolute atomic E-state index is 13.5. The molecule has 1 aromatic heterocycles. The minimum atomic E-state index is -0.276. The normalized spacial score (nSPS) is 29.1. The van der Waals surface area contributed by atoms with Gasteiger partial charge in [-0.1, -0.05) is 30.3 Å². The van der Waals surface area contributed by atoms with Gasteiger partial charge >= 0.3 is 0 Å². The van der Waals surface area contributed by atoms with Crippen LogP contribution in [0.3, 0.4) is 0 Å². The summed E-state index contributed by atoms with van der Waals surface area (Å²) in [6.45, 7) is 5.21. The van der Waals surface area contributed by atoms with Crippen molar-refractivity contribution >= 4 is 11.8 Å². The van der Waals surface area contributed by atoms with Crippen molar-refractivity contribution < 1.29 is 14.3 Å². The third kappa shape index (κ3) is 3.08. The summed E-state index contributed by atoms with van der Waals surface area (Å²) in [6.07, 6.45) is 3.79. The van der Waals surface area contributed by atoms with Gasteiger partial charge < -0.3 is 15.0 Å². The molecule has 2 amide bonds. The fourth-order valence-electron chi connectivity index (χ4n) is 5.49. The quantitative estimate of drug-likeness (QED) is 0.842. The van der Waals surface area contributed by atoms with Gasteiger partial charge in [-0.3, -0.25) is 9.59 Å². The van der Waals surface area contributed by atoms with E-state index in [1.54, 1.807) is 6.20 Å². The molecular weight excluding hydrogens is 380 g/mol. The van der Waals surface area contributed by atoms with E-state index in [-0.39, 0.29) is 35.4 Å². The van der Waals surface area contributed by atoms with E-state index >= 15 is 0 Å². The molecule has 3 aliphatic rings. The highest BCUT2D eigenvalue weighted by Gasteiger charge is 2.63. The van der Waals surface area contributed by atoms with Gasteiger partial charge in [-0.05, 0) is 19.8 Å². The Labute approximate surface area is 175 Å². The number of nitrogens with one attached hydrogen (secondary N) is 1.